The summed E-state index contributed by atoms with van der Waals surface area (Å²) >= 11 is 0. The number of hydrogen-bond acceptors (Lipinski definition) is 2. The van der Waals surface area contributed by atoms with Gasteiger partial charge in [-0.2, -0.15) is 0 Å². The summed E-state index contributed by atoms with van der Waals surface area (Å²) < 4.78 is 0. The van der Waals surface area contributed by atoms with Crippen molar-refractivity contribution in [1.29, 1.82) is 0 Å². The van der Waals surface area contributed by atoms with E-state index in [1.807, 2.05) is 6.92 Å². The summed E-state index contributed by atoms with van der Waals surface area (Å²) in [5.41, 5.74) is -0.960. The second kappa shape index (κ2) is 4.30. The molecule has 1 aliphatic rings. The van der Waals surface area contributed by atoms with E-state index in [1.165, 1.54) is 0 Å². The second-order valence-corrected chi connectivity index (χ2v) is 4.60. The molecule has 0 radical (unpaired) electrons. The standard InChI is InChI=1S/C11H20O3/c1-3-9(10(12)13)11(14)6-4-5-8(2)7-11/h8-9,14H,3-7H2,1-2H3,(H,12,13). The van der Waals surface area contributed by atoms with Crippen LogP contribution in [0.5, 0.6) is 0 Å². The van der Waals surface area contributed by atoms with Gasteiger partial charge in [-0.15, -0.1) is 0 Å². The minimum Gasteiger partial charge on any atom is -0.481 e. The Kier molecular flexibility index (Phi) is 3.53. The Labute approximate surface area is 85.1 Å². The van der Waals surface area contributed by atoms with Gasteiger partial charge in [0.1, 0.15) is 0 Å². The molecule has 3 nitrogen and oxygen atoms in total. The predicted octanol–water partition coefficient (Wildman–Crippen LogP) is 2.04. The maximum absolute atomic E-state index is 11.0. The third-order valence-corrected chi connectivity index (χ3v) is 3.36. The lowest BCUT2D eigenvalue weighted by Gasteiger charge is -2.39. The number of carboxylic acid groups (broad SMARTS) is 1. The third-order valence-electron chi connectivity index (χ3n) is 3.36. The number of carbonyl (C=O) groups is 1. The van der Waals surface area contributed by atoms with Gasteiger partial charge in [0.05, 0.1) is 11.5 Å². The molecule has 0 bridgehead atoms. The maximum atomic E-state index is 11.0. The van der Waals surface area contributed by atoms with E-state index >= 15 is 0 Å². The molecule has 0 aromatic rings. The van der Waals surface area contributed by atoms with E-state index in [4.69, 9.17) is 5.11 Å². The fraction of sp³-hybridized carbons (Fsp3) is 0.909. The zero-order chi connectivity index (χ0) is 10.8. The lowest BCUT2D eigenvalue weighted by atomic mass is 9.71. The van der Waals surface area contributed by atoms with Crippen molar-refractivity contribution < 1.29 is 15.0 Å². The van der Waals surface area contributed by atoms with Crippen molar-refractivity contribution in [3.05, 3.63) is 0 Å². The second-order valence-electron chi connectivity index (χ2n) is 4.60. The van der Waals surface area contributed by atoms with E-state index in [9.17, 15) is 9.90 Å². The molecule has 3 unspecified atom stereocenters. The highest BCUT2D eigenvalue weighted by Crippen LogP contribution is 2.38. The van der Waals surface area contributed by atoms with Crippen LogP contribution in [-0.4, -0.2) is 21.8 Å². The average molecular weight is 200 g/mol. The van der Waals surface area contributed by atoms with Gasteiger partial charge in [0.15, 0.2) is 0 Å². The van der Waals surface area contributed by atoms with Crippen LogP contribution in [0.3, 0.4) is 0 Å². The van der Waals surface area contributed by atoms with Crippen molar-refractivity contribution in [2.75, 3.05) is 0 Å². The number of aliphatic carboxylic acids is 1. The minimum absolute atomic E-state index is 0.446. The first-order chi connectivity index (χ1) is 6.49. The molecule has 1 saturated carbocycles. The normalized spacial score (nSPS) is 35.2. The summed E-state index contributed by atoms with van der Waals surface area (Å²) in [6, 6.07) is 0. The molecule has 1 fully saturated rings. The van der Waals surface area contributed by atoms with Gasteiger partial charge in [-0.25, -0.2) is 0 Å². The molecule has 3 atom stereocenters. The molecular formula is C11H20O3. The first kappa shape index (κ1) is 11.5. The zero-order valence-electron chi connectivity index (χ0n) is 8.99. The molecule has 2 N–H and O–H groups in total. The van der Waals surface area contributed by atoms with Crippen molar-refractivity contribution in [2.24, 2.45) is 11.8 Å². The van der Waals surface area contributed by atoms with Gasteiger partial charge in [-0.1, -0.05) is 26.7 Å². The van der Waals surface area contributed by atoms with Crippen LogP contribution in [0.1, 0.15) is 46.0 Å². The number of hydrogen-bond donors (Lipinski definition) is 2. The molecular weight excluding hydrogens is 180 g/mol. The van der Waals surface area contributed by atoms with Crippen LogP contribution in [0.4, 0.5) is 0 Å². The smallest absolute Gasteiger partial charge is 0.309 e. The Morgan fingerprint density at radius 2 is 2.29 bits per heavy atom. The highest BCUT2D eigenvalue weighted by atomic mass is 16.4. The molecule has 0 aromatic heterocycles. The van der Waals surface area contributed by atoms with E-state index in [1.54, 1.807) is 0 Å². The summed E-state index contributed by atoms with van der Waals surface area (Å²) in [5, 5.41) is 19.3. The van der Waals surface area contributed by atoms with Gasteiger partial charge >= 0.3 is 5.97 Å². The van der Waals surface area contributed by atoms with Crippen molar-refractivity contribution in [3.8, 4) is 0 Å². The highest BCUT2D eigenvalue weighted by Gasteiger charge is 2.42. The molecule has 0 aromatic carbocycles. The Morgan fingerprint density at radius 3 is 2.71 bits per heavy atom. The average Bonchev–Trinajstić information content (AvgIpc) is 2.02. The van der Waals surface area contributed by atoms with E-state index in [0.717, 1.165) is 12.8 Å². The van der Waals surface area contributed by atoms with Crippen LogP contribution >= 0.6 is 0 Å². The Morgan fingerprint density at radius 1 is 1.64 bits per heavy atom. The summed E-state index contributed by atoms with van der Waals surface area (Å²) in [6.45, 7) is 3.91. The number of aliphatic hydroxyl groups is 1. The Balaban J connectivity index is 2.75. The monoisotopic (exact) mass is 200 g/mol. The van der Waals surface area contributed by atoms with Crippen LogP contribution in [0.15, 0.2) is 0 Å². The van der Waals surface area contributed by atoms with Crippen LogP contribution in [0.2, 0.25) is 0 Å². The lowest BCUT2D eigenvalue weighted by molar-refractivity contribution is -0.156. The molecule has 1 aliphatic carbocycles. The zero-order valence-corrected chi connectivity index (χ0v) is 8.99. The lowest BCUT2D eigenvalue weighted by Crippen LogP contribution is -2.45. The van der Waals surface area contributed by atoms with E-state index < -0.39 is 17.5 Å². The molecule has 0 amide bonds. The van der Waals surface area contributed by atoms with Gasteiger partial charge < -0.3 is 10.2 Å². The largest absolute Gasteiger partial charge is 0.481 e. The van der Waals surface area contributed by atoms with Crippen LogP contribution < -0.4 is 0 Å². The summed E-state index contributed by atoms with van der Waals surface area (Å²) in [7, 11) is 0. The van der Waals surface area contributed by atoms with Gasteiger partial charge in [0.25, 0.3) is 0 Å². The Bertz CT molecular complexity index is 215. The fourth-order valence-corrected chi connectivity index (χ4v) is 2.67. The molecule has 0 spiro atoms. The predicted molar refractivity (Wildman–Crippen MR) is 54.0 cm³/mol. The SMILES string of the molecule is CCC(C(=O)O)C1(O)CCCC(C)C1. The van der Waals surface area contributed by atoms with Crippen molar-refractivity contribution in [3.63, 3.8) is 0 Å². The molecule has 3 heteroatoms. The quantitative estimate of drug-likeness (QED) is 0.733. The van der Waals surface area contributed by atoms with Crippen molar-refractivity contribution >= 4 is 5.97 Å². The van der Waals surface area contributed by atoms with E-state index in [2.05, 4.69) is 6.92 Å². The summed E-state index contributed by atoms with van der Waals surface area (Å²) in [6.07, 6.45) is 3.85. The highest BCUT2D eigenvalue weighted by molar-refractivity contribution is 5.71. The van der Waals surface area contributed by atoms with Gasteiger partial charge in [-0.05, 0) is 25.2 Å². The van der Waals surface area contributed by atoms with E-state index in [0.29, 0.717) is 25.2 Å². The first-order valence-corrected chi connectivity index (χ1v) is 5.44. The summed E-state index contributed by atoms with van der Waals surface area (Å²) in [4.78, 5) is 11.0. The Hall–Kier alpha value is -0.570. The third kappa shape index (κ3) is 2.27. The van der Waals surface area contributed by atoms with Gasteiger partial charge in [-0.3, -0.25) is 4.79 Å². The van der Waals surface area contributed by atoms with Crippen molar-refractivity contribution in [1.82, 2.24) is 0 Å². The molecule has 0 heterocycles. The fourth-order valence-electron chi connectivity index (χ4n) is 2.67. The van der Waals surface area contributed by atoms with Crippen LogP contribution in [0, 0.1) is 11.8 Å². The molecule has 14 heavy (non-hydrogen) atoms. The number of carboxylic acids is 1. The van der Waals surface area contributed by atoms with Crippen LogP contribution in [0.25, 0.3) is 0 Å². The van der Waals surface area contributed by atoms with Crippen molar-refractivity contribution in [2.45, 2.75) is 51.6 Å². The molecule has 1 rings (SSSR count). The molecule has 82 valence electrons. The van der Waals surface area contributed by atoms with Gasteiger partial charge in [0, 0.05) is 0 Å². The minimum atomic E-state index is -0.960. The number of rotatable bonds is 3. The van der Waals surface area contributed by atoms with Crippen LogP contribution in [-0.2, 0) is 4.79 Å². The van der Waals surface area contributed by atoms with E-state index in [-0.39, 0.29) is 0 Å². The molecule has 0 aliphatic heterocycles. The first-order valence-electron chi connectivity index (χ1n) is 5.44. The summed E-state index contributed by atoms with van der Waals surface area (Å²) in [5.74, 6) is -1.00. The molecule has 0 saturated heterocycles. The van der Waals surface area contributed by atoms with Gasteiger partial charge in [0.2, 0.25) is 0 Å². The topological polar surface area (TPSA) is 57.5 Å². The maximum Gasteiger partial charge on any atom is 0.309 e.